The van der Waals surface area contributed by atoms with Gasteiger partial charge >= 0.3 is 0 Å². The summed E-state index contributed by atoms with van der Waals surface area (Å²) in [7, 11) is 0. The fourth-order valence-electron chi connectivity index (χ4n) is 3.25. The number of carbonyl (C=O) groups is 1. The minimum Gasteiger partial charge on any atom is -0.494 e. The summed E-state index contributed by atoms with van der Waals surface area (Å²) in [6.45, 7) is 6.13. The highest BCUT2D eigenvalue weighted by Crippen LogP contribution is 2.36. The molecule has 31 heavy (non-hydrogen) atoms. The third-order valence-electron chi connectivity index (χ3n) is 5.02. The molecule has 0 saturated carbocycles. The fraction of sp³-hybridized carbons (Fsp3) is 0.435. The first-order valence-electron chi connectivity index (χ1n) is 10.3. The largest absolute Gasteiger partial charge is 0.494 e. The molecule has 0 aliphatic heterocycles. The number of ether oxygens (including phenoxy) is 1. The Bertz CT molecular complexity index is 1050. The van der Waals surface area contributed by atoms with Crippen molar-refractivity contribution in [2.75, 3.05) is 6.61 Å². The minimum atomic E-state index is -0.616. The summed E-state index contributed by atoms with van der Waals surface area (Å²) in [5.41, 5.74) is -0.663. The number of aromatic hydroxyl groups is 1. The molecule has 1 heterocycles. The number of hydrogen-bond donors (Lipinski definition) is 1. The SMILES string of the molecule is CCCCCOc1c(Cl)cc(C(=O)c2c(C)c(C#N)c(=O)n(CCCC)c2O)cc1Cl. The van der Waals surface area contributed by atoms with Crippen molar-refractivity contribution in [3.8, 4) is 17.7 Å². The molecular formula is C23H26Cl2N2O4. The van der Waals surface area contributed by atoms with E-state index in [0.29, 0.717) is 18.8 Å². The smallest absolute Gasteiger partial charge is 0.271 e. The predicted molar refractivity (Wildman–Crippen MR) is 122 cm³/mol. The molecule has 0 aliphatic rings. The Morgan fingerprint density at radius 2 is 1.77 bits per heavy atom. The summed E-state index contributed by atoms with van der Waals surface area (Å²) in [5, 5.41) is 20.5. The maximum absolute atomic E-state index is 13.3. The third kappa shape index (κ3) is 5.41. The number of halogens is 2. The zero-order chi connectivity index (χ0) is 23.1. The van der Waals surface area contributed by atoms with E-state index in [2.05, 4.69) is 6.92 Å². The maximum Gasteiger partial charge on any atom is 0.271 e. The van der Waals surface area contributed by atoms with Crippen LogP contribution in [0.4, 0.5) is 0 Å². The topological polar surface area (TPSA) is 92.3 Å². The minimum absolute atomic E-state index is 0.115. The normalized spacial score (nSPS) is 10.7. The first-order chi connectivity index (χ1) is 14.8. The van der Waals surface area contributed by atoms with Crippen LogP contribution in [-0.4, -0.2) is 22.1 Å². The lowest BCUT2D eigenvalue weighted by molar-refractivity contribution is 0.103. The molecule has 0 atom stereocenters. The van der Waals surface area contributed by atoms with Crippen molar-refractivity contribution in [3.05, 3.63) is 54.8 Å². The summed E-state index contributed by atoms with van der Waals surface area (Å²) >= 11 is 12.6. The van der Waals surface area contributed by atoms with Gasteiger partial charge in [0.1, 0.15) is 11.6 Å². The molecule has 0 spiro atoms. The first-order valence-corrected chi connectivity index (χ1v) is 11.1. The molecule has 0 amide bonds. The molecule has 166 valence electrons. The molecule has 0 saturated heterocycles. The summed E-state index contributed by atoms with van der Waals surface area (Å²) in [5.74, 6) is -0.757. The highest BCUT2D eigenvalue weighted by molar-refractivity contribution is 6.38. The number of unbranched alkanes of at least 4 members (excludes halogenated alkanes) is 3. The second kappa shape index (κ2) is 11.2. The van der Waals surface area contributed by atoms with Crippen LogP contribution in [0.25, 0.3) is 0 Å². The van der Waals surface area contributed by atoms with Crippen LogP contribution in [0.2, 0.25) is 10.0 Å². The van der Waals surface area contributed by atoms with Crippen molar-refractivity contribution in [2.24, 2.45) is 0 Å². The van der Waals surface area contributed by atoms with E-state index in [0.717, 1.165) is 30.3 Å². The lowest BCUT2D eigenvalue weighted by atomic mass is 9.97. The van der Waals surface area contributed by atoms with Gasteiger partial charge in [0.25, 0.3) is 5.56 Å². The van der Waals surface area contributed by atoms with E-state index in [1.54, 1.807) is 0 Å². The monoisotopic (exact) mass is 464 g/mol. The van der Waals surface area contributed by atoms with Crippen molar-refractivity contribution >= 4 is 29.0 Å². The van der Waals surface area contributed by atoms with E-state index >= 15 is 0 Å². The van der Waals surface area contributed by atoms with Gasteiger partial charge < -0.3 is 9.84 Å². The van der Waals surface area contributed by atoms with Gasteiger partial charge in [0, 0.05) is 12.1 Å². The molecular weight excluding hydrogens is 439 g/mol. The number of rotatable bonds is 10. The van der Waals surface area contributed by atoms with E-state index < -0.39 is 17.2 Å². The maximum atomic E-state index is 13.3. The summed E-state index contributed by atoms with van der Waals surface area (Å²) in [6, 6.07) is 4.68. The van der Waals surface area contributed by atoms with Gasteiger partial charge in [0.15, 0.2) is 11.5 Å². The average molecular weight is 465 g/mol. The van der Waals surface area contributed by atoms with E-state index in [9.17, 15) is 20.0 Å². The molecule has 2 aromatic rings. The van der Waals surface area contributed by atoms with Gasteiger partial charge in [-0.2, -0.15) is 5.26 Å². The zero-order valence-electron chi connectivity index (χ0n) is 17.9. The highest BCUT2D eigenvalue weighted by Gasteiger charge is 2.26. The molecule has 1 N–H and O–H groups in total. The van der Waals surface area contributed by atoms with Crippen LogP contribution in [0, 0.1) is 18.3 Å². The zero-order valence-corrected chi connectivity index (χ0v) is 19.4. The van der Waals surface area contributed by atoms with Gasteiger partial charge in [0.2, 0.25) is 5.88 Å². The van der Waals surface area contributed by atoms with Crippen LogP contribution in [-0.2, 0) is 6.54 Å². The average Bonchev–Trinajstić information content (AvgIpc) is 2.72. The number of nitrogens with zero attached hydrogens (tertiary/aromatic N) is 2. The second-order valence-electron chi connectivity index (χ2n) is 7.27. The Labute approximate surface area is 192 Å². The molecule has 0 unspecified atom stereocenters. The summed E-state index contributed by atoms with van der Waals surface area (Å²) in [6.07, 6.45) is 4.30. The van der Waals surface area contributed by atoms with E-state index in [1.807, 2.05) is 13.0 Å². The quantitative estimate of drug-likeness (QED) is 0.362. The molecule has 1 aromatic carbocycles. The summed E-state index contributed by atoms with van der Waals surface area (Å²) in [4.78, 5) is 25.8. The van der Waals surface area contributed by atoms with Crippen LogP contribution in [0.1, 0.15) is 73.0 Å². The second-order valence-corrected chi connectivity index (χ2v) is 8.09. The van der Waals surface area contributed by atoms with E-state index in [-0.39, 0.29) is 38.8 Å². The van der Waals surface area contributed by atoms with Crippen LogP contribution in [0.5, 0.6) is 11.6 Å². The van der Waals surface area contributed by atoms with Crippen molar-refractivity contribution in [3.63, 3.8) is 0 Å². The number of benzene rings is 1. The van der Waals surface area contributed by atoms with Gasteiger partial charge in [0.05, 0.1) is 22.2 Å². The third-order valence-corrected chi connectivity index (χ3v) is 5.58. The van der Waals surface area contributed by atoms with E-state index in [1.165, 1.54) is 19.1 Å². The van der Waals surface area contributed by atoms with E-state index in [4.69, 9.17) is 27.9 Å². The standard InChI is InChI=1S/C23H26Cl2N2O4/c1-4-6-8-10-31-21-17(24)11-15(12-18(21)25)20(28)19-14(3)16(13-26)22(29)27(23(19)30)9-7-5-2/h11-12,30H,4-10H2,1-3H3. The van der Waals surface area contributed by atoms with Gasteiger partial charge in [-0.05, 0) is 37.5 Å². The Kier molecular flexibility index (Phi) is 8.97. The molecule has 2 rings (SSSR count). The van der Waals surface area contributed by atoms with Crippen molar-refractivity contribution in [1.29, 1.82) is 5.26 Å². The van der Waals surface area contributed by atoms with Crippen LogP contribution in [0.3, 0.4) is 0 Å². The lowest BCUT2D eigenvalue weighted by Gasteiger charge is -2.16. The van der Waals surface area contributed by atoms with Crippen molar-refractivity contribution in [1.82, 2.24) is 4.57 Å². The Morgan fingerprint density at radius 1 is 1.16 bits per heavy atom. The highest BCUT2D eigenvalue weighted by atomic mass is 35.5. The fourth-order valence-corrected chi connectivity index (χ4v) is 3.84. The number of hydrogen-bond acceptors (Lipinski definition) is 5. The summed E-state index contributed by atoms with van der Waals surface area (Å²) < 4.78 is 6.73. The Balaban J connectivity index is 2.52. The number of aromatic nitrogens is 1. The molecule has 0 radical (unpaired) electrons. The Hall–Kier alpha value is -2.49. The molecule has 1 aromatic heterocycles. The van der Waals surface area contributed by atoms with Crippen molar-refractivity contribution in [2.45, 2.75) is 59.4 Å². The molecule has 0 bridgehead atoms. The number of carbonyl (C=O) groups excluding carboxylic acids is 1. The number of ketones is 1. The Morgan fingerprint density at radius 3 is 2.32 bits per heavy atom. The van der Waals surface area contributed by atoms with Gasteiger partial charge in [-0.25, -0.2) is 0 Å². The number of nitriles is 1. The van der Waals surface area contributed by atoms with Crippen LogP contribution in [0.15, 0.2) is 16.9 Å². The van der Waals surface area contributed by atoms with Crippen LogP contribution >= 0.6 is 23.2 Å². The van der Waals surface area contributed by atoms with Crippen molar-refractivity contribution < 1.29 is 14.6 Å². The van der Waals surface area contributed by atoms with Gasteiger partial charge in [-0.3, -0.25) is 14.2 Å². The molecule has 8 heteroatoms. The van der Waals surface area contributed by atoms with Gasteiger partial charge in [-0.1, -0.05) is 56.3 Å². The number of pyridine rings is 1. The lowest BCUT2D eigenvalue weighted by Crippen LogP contribution is -2.27. The molecule has 0 aliphatic carbocycles. The molecule has 6 nitrogen and oxygen atoms in total. The molecule has 0 fully saturated rings. The van der Waals surface area contributed by atoms with Crippen LogP contribution < -0.4 is 10.3 Å². The van der Waals surface area contributed by atoms with Gasteiger partial charge in [-0.15, -0.1) is 0 Å². The first kappa shape index (κ1) is 24.8. The predicted octanol–water partition coefficient (Wildman–Crippen LogP) is 5.64.